The van der Waals surface area contributed by atoms with E-state index in [-0.39, 0.29) is 17.7 Å². The number of aryl methyl sites for hydroxylation is 1. The van der Waals surface area contributed by atoms with Gasteiger partial charge in [-0.2, -0.15) is 0 Å². The molecule has 2 N–H and O–H groups in total. The van der Waals surface area contributed by atoms with Crippen LogP contribution in [0.3, 0.4) is 0 Å². The number of aromatic nitrogens is 1. The highest BCUT2D eigenvalue weighted by Crippen LogP contribution is 2.13. The normalized spacial score (nSPS) is 12.1. The van der Waals surface area contributed by atoms with Gasteiger partial charge in [0.05, 0.1) is 10.4 Å². The van der Waals surface area contributed by atoms with Gasteiger partial charge in [-0.3, -0.25) is 9.59 Å². The Bertz CT molecular complexity index is 572. The lowest BCUT2D eigenvalue weighted by Gasteiger charge is -2.12. The molecule has 0 aromatic carbocycles. The van der Waals surface area contributed by atoms with Crippen molar-refractivity contribution in [3.63, 3.8) is 0 Å². The van der Waals surface area contributed by atoms with E-state index in [1.807, 2.05) is 25.3 Å². The number of H-pyrrole nitrogens is 1. The number of carbonyl (C=O) groups is 2. The summed E-state index contributed by atoms with van der Waals surface area (Å²) in [7, 11) is 0. The van der Waals surface area contributed by atoms with Crippen molar-refractivity contribution < 1.29 is 9.59 Å². The van der Waals surface area contributed by atoms with Crippen LogP contribution in [0.25, 0.3) is 0 Å². The minimum atomic E-state index is -0.184. The van der Waals surface area contributed by atoms with Crippen LogP contribution in [0.4, 0.5) is 0 Å². The summed E-state index contributed by atoms with van der Waals surface area (Å²) in [6.45, 7) is 3.68. The molecule has 5 heteroatoms. The number of thiophene rings is 1. The number of hydrogen-bond donors (Lipinski definition) is 2. The zero-order valence-corrected chi connectivity index (χ0v) is 11.7. The Balaban J connectivity index is 1.91. The van der Waals surface area contributed by atoms with Gasteiger partial charge in [-0.05, 0) is 31.4 Å². The van der Waals surface area contributed by atoms with E-state index in [2.05, 4.69) is 10.3 Å². The van der Waals surface area contributed by atoms with Crippen molar-refractivity contribution in [3.05, 3.63) is 45.9 Å². The minimum Gasteiger partial charge on any atom is -0.365 e. The van der Waals surface area contributed by atoms with Crippen molar-refractivity contribution in [2.75, 3.05) is 0 Å². The molecule has 2 aromatic rings. The third-order valence-corrected chi connectivity index (χ3v) is 3.77. The molecule has 2 rings (SSSR count). The smallest absolute Gasteiger partial charge is 0.253 e. The molecule has 0 saturated carbocycles. The molecule has 0 unspecified atom stereocenters. The van der Waals surface area contributed by atoms with Crippen LogP contribution in [0.5, 0.6) is 0 Å². The third-order valence-electron chi connectivity index (χ3n) is 2.86. The van der Waals surface area contributed by atoms with Gasteiger partial charge in [0.25, 0.3) is 5.91 Å². The predicted molar refractivity (Wildman–Crippen MR) is 75.7 cm³/mol. The molecule has 0 saturated heterocycles. The molecule has 1 atom stereocenters. The van der Waals surface area contributed by atoms with Crippen molar-refractivity contribution in [1.82, 2.24) is 10.3 Å². The molecule has 0 fully saturated rings. The summed E-state index contributed by atoms with van der Waals surface area (Å²) in [5.74, 6) is -0.0844. The number of amides is 1. The fraction of sp³-hybridized carbons (Fsp3) is 0.286. The lowest BCUT2D eigenvalue weighted by molar-refractivity contribution is 0.0919. The first-order chi connectivity index (χ1) is 9.08. The SMILES string of the molecule is Cc1[nH]ccc1C(=O)N[C@@H](C)CC(=O)c1cccs1. The van der Waals surface area contributed by atoms with Gasteiger partial charge in [0.1, 0.15) is 0 Å². The highest BCUT2D eigenvalue weighted by Gasteiger charge is 2.16. The molecule has 0 spiro atoms. The number of ketones is 1. The maximum Gasteiger partial charge on any atom is 0.253 e. The van der Waals surface area contributed by atoms with Crippen molar-refractivity contribution in [1.29, 1.82) is 0 Å². The van der Waals surface area contributed by atoms with Crippen LogP contribution < -0.4 is 5.32 Å². The van der Waals surface area contributed by atoms with Gasteiger partial charge >= 0.3 is 0 Å². The molecule has 0 aliphatic heterocycles. The number of rotatable bonds is 5. The number of Topliss-reactive ketones (excluding diaryl/α,β-unsaturated/α-hetero) is 1. The van der Waals surface area contributed by atoms with Crippen molar-refractivity contribution in [2.24, 2.45) is 0 Å². The first kappa shape index (κ1) is 13.5. The summed E-state index contributed by atoms with van der Waals surface area (Å²) >= 11 is 1.42. The Kier molecular flexibility index (Phi) is 4.16. The Labute approximate surface area is 115 Å². The van der Waals surface area contributed by atoms with E-state index in [0.29, 0.717) is 12.0 Å². The number of aromatic amines is 1. The minimum absolute atomic E-state index is 0.0635. The van der Waals surface area contributed by atoms with Gasteiger partial charge in [0.2, 0.25) is 0 Å². The highest BCUT2D eigenvalue weighted by molar-refractivity contribution is 7.12. The zero-order chi connectivity index (χ0) is 13.8. The second-order valence-corrected chi connectivity index (χ2v) is 5.44. The van der Waals surface area contributed by atoms with E-state index in [4.69, 9.17) is 0 Å². The van der Waals surface area contributed by atoms with Gasteiger partial charge in [0, 0.05) is 24.4 Å². The van der Waals surface area contributed by atoms with E-state index in [0.717, 1.165) is 10.6 Å². The van der Waals surface area contributed by atoms with Gasteiger partial charge in [0.15, 0.2) is 5.78 Å². The maximum atomic E-state index is 12.0. The van der Waals surface area contributed by atoms with Crippen LogP contribution >= 0.6 is 11.3 Å². The lowest BCUT2D eigenvalue weighted by atomic mass is 10.1. The molecule has 2 aromatic heterocycles. The van der Waals surface area contributed by atoms with E-state index >= 15 is 0 Å². The summed E-state index contributed by atoms with van der Waals surface area (Å²) in [6, 6.07) is 5.21. The molecule has 19 heavy (non-hydrogen) atoms. The quantitative estimate of drug-likeness (QED) is 0.825. The molecule has 1 amide bonds. The van der Waals surface area contributed by atoms with Crippen molar-refractivity contribution in [2.45, 2.75) is 26.3 Å². The summed E-state index contributed by atoms with van der Waals surface area (Å²) < 4.78 is 0. The van der Waals surface area contributed by atoms with E-state index < -0.39 is 0 Å². The average molecular weight is 276 g/mol. The maximum absolute atomic E-state index is 12.0. The van der Waals surface area contributed by atoms with Gasteiger partial charge < -0.3 is 10.3 Å². The molecular weight excluding hydrogens is 260 g/mol. The summed E-state index contributed by atoms with van der Waals surface area (Å²) in [6.07, 6.45) is 2.04. The second-order valence-electron chi connectivity index (χ2n) is 4.50. The topological polar surface area (TPSA) is 62.0 Å². The van der Waals surface area contributed by atoms with Crippen LogP contribution in [0, 0.1) is 6.92 Å². The highest BCUT2D eigenvalue weighted by atomic mass is 32.1. The molecule has 0 aliphatic carbocycles. The van der Waals surface area contributed by atoms with Gasteiger partial charge in [-0.15, -0.1) is 11.3 Å². The first-order valence-electron chi connectivity index (χ1n) is 6.09. The molecule has 4 nitrogen and oxygen atoms in total. The number of hydrogen-bond acceptors (Lipinski definition) is 3. The van der Waals surface area contributed by atoms with Crippen LogP contribution in [-0.4, -0.2) is 22.7 Å². The summed E-state index contributed by atoms with van der Waals surface area (Å²) in [5, 5.41) is 4.72. The van der Waals surface area contributed by atoms with Crippen LogP contribution in [0.2, 0.25) is 0 Å². The Morgan fingerprint density at radius 3 is 2.79 bits per heavy atom. The number of nitrogens with one attached hydrogen (secondary N) is 2. The van der Waals surface area contributed by atoms with E-state index in [9.17, 15) is 9.59 Å². The van der Waals surface area contributed by atoms with Crippen LogP contribution in [0.1, 0.15) is 39.1 Å². The zero-order valence-electron chi connectivity index (χ0n) is 10.9. The first-order valence-corrected chi connectivity index (χ1v) is 6.97. The van der Waals surface area contributed by atoms with E-state index in [1.54, 1.807) is 18.3 Å². The monoisotopic (exact) mass is 276 g/mol. The van der Waals surface area contributed by atoms with Crippen LogP contribution in [0.15, 0.2) is 29.8 Å². The predicted octanol–water partition coefficient (Wildman–Crippen LogP) is 2.78. The standard InChI is InChI=1S/C14H16N2O2S/c1-9(8-12(17)13-4-3-7-19-13)16-14(18)11-5-6-15-10(11)2/h3-7,9,15H,8H2,1-2H3,(H,16,18)/t9-/m0/s1. The van der Waals surface area contributed by atoms with Gasteiger partial charge in [-0.1, -0.05) is 6.07 Å². The average Bonchev–Trinajstić information content (AvgIpc) is 2.98. The third kappa shape index (κ3) is 3.32. The Morgan fingerprint density at radius 2 is 2.21 bits per heavy atom. The molecule has 2 heterocycles. The van der Waals surface area contributed by atoms with Gasteiger partial charge in [-0.25, -0.2) is 0 Å². The number of carbonyl (C=O) groups excluding carboxylic acids is 2. The van der Waals surface area contributed by atoms with Crippen LogP contribution in [-0.2, 0) is 0 Å². The second kappa shape index (κ2) is 5.84. The summed E-state index contributed by atoms with van der Waals surface area (Å²) in [5.41, 5.74) is 1.45. The fourth-order valence-electron chi connectivity index (χ4n) is 1.87. The van der Waals surface area contributed by atoms with Crippen molar-refractivity contribution >= 4 is 23.0 Å². The Morgan fingerprint density at radius 1 is 1.42 bits per heavy atom. The molecular formula is C14H16N2O2S. The molecule has 0 radical (unpaired) electrons. The molecule has 0 bridgehead atoms. The summed E-state index contributed by atoms with van der Waals surface area (Å²) in [4.78, 5) is 27.6. The molecule has 100 valence electrons. The lowest BCUT2D eigenvalue weighted by Crippen LogP contribution is -2.34. The Hall–Kier alpha value is -1.88. The largest absolute Gasteiger partial charge is 0.365 e. The van der Waals surface area contributed by atoms with Crippen molar-refractivity contribution in [3.8, 4) is 0 Å². The molecule has 0 aliphatic rings. The fourth-order valence-corrected chi connectivity index (χ4v) is 2.54. The van der Waals surface area contributed by atoms with E-state index in [1.165, 1.54) is 11.3 Å².